The van der Waals surface area contributed by atoms with Crippen LogP contribution >= 0.6 is 0 Å². The summed E-state index contributed by atoms with van der Waals surface area (Å²) in [7, 11) is 0. The lowest BCUT2D eigenvalue weighted by Gasteiger charge is -2.14. The van der Waals surface area contributed by atoms with Crippen molar-refractivity contribution in [2.24, 2.45) is 0 Å². The van der Waals surface area contributed by atoms with Gasteiger partial charge >= 0.3 is 6.18 Å². The first-order valence-electron chi connectivity index (χ1n) is 5.82. The molecule has 0 aliphatic rings. The van der Waals surface area contributed by atoms with Gasteiger partial charge in [0, 0.05) is 11.9 Å². The Morgan fingerprint density at radius 2 is 1.84 bits per heavy atom. The topological polar surface area (TPSA) is 29.1 Å². The Morgan fingerprint density at radius 1 is 1.16 bits per heavy atom. The molecule has 0 radical (unpaired) electrons. The fourth-order valence-electron chi connectivity index (χ4n) is 1.98. The monoisotopic (exact) mass is 267 g/mol. The molecule has 2 aromatic rings. The Kier molecular flexibility index (Phi) is 3.46. The van der Waals surface area contributed by atoms with Crippen LogP contribution in [0.5, 0.6) is 0 Å². The van der Waals surface area contributed by atoms with E-state index in [1.165, 1.54) is 12.1 Å². The van der Waals surface area contributed by atoms with Crippen LogP contribution in [0.25, 0.3) is 10.8 Å². The summed E-state index contributed by atoms with van der Waals surface area (Å²) in [6.45, 7) is 2.20. The van der Waals surface area contributed by atoms with Crippen LogP contribution in [0.1, 0.15) is 17.3 Å². The van der Waals surface area contributed by atoms with Crippen LogP contribution in [-0.2, 0) is 0 Å². The predicted molar refractivity (Wildman–Crippen MR) is 68.5 cm³/mol. The van der Waals surface area contributed by atoms with Crippen LogP contribution in [0.15, 0.2) is 36.4 Å². The number of benzene rings is 2. The Balaban J connectivity index is 2.67. The maximum atomic E-state index is 12.6. The first-order chi connectivity index (χ1) is 8.95. The number of hydrogen-bond acceptors (Lipinski definition) is 2. The van der Waals surface area contributed by atoms with Gasteiger partial charge < -0.3 is 5.32 Å². The number of rotatable bonds is 3. The molecule has 5 heteroatoms. The average molecular weight is 267 g/mol. The molecule has 1 N–H and O–H groups in total. The molecular formula is C14H12F3NO. The highest BCUT2D eigenvalue weighted by molar-refractivity contribution is 6.11. The third kappa shape index (κ3) is 2.54. The second-order valence-corrected chi connectivity index (χ2v) is 4.07. The van der Waals surface area contributed by atoms with Gasteiger partial charge in [0.05, 0.1) is 11.3 Å². The van der Waals surface area contributed by atoms with Gasteiger partial charge in [0.1, 0.15) is 0 Å². The average Bonchev–Trinajstić information content (AvgIpc) is 2.37. The van der Waals surface area contributed by atoms with E-state index in [1.54, 1.807) is 31.2 Å². The smallest absolute Gasteiger partial charge is 0.384 e. The molecule has 0 amide bonds. The summed E-state index contributed by atoms with van der Waals surface area (Å²) in [5.74, 6) is -1.82. The number of fused-ring (bicyclic) bond motifs is 1. The molecular weight excluding hydrogens is 255 g/mol. The van der Waals surface area contributed by atoms with Gasteiger partial charge in [-0.05, 0) is 18.4 Å². The molecule has 0 fully saturated rings. The van der Waals surface area contributed by atoms with Gasteiger partial charge in [-0.15, -0.1) is 0 Å². The maximum absolute atomic E-state index is 12.6. The van der Waals surface area contributed by atoms with Gasteiger partial charge in [-0.1, -0.05) is 30.3 Å². The van der Waals surface area contributed by atoms with E-state index >= 15 is 0 Å². The van der Waals surface area contributed by atoms with Crippen LogP contribution in [0, 0.1) is 0 Å². The second kappa shape index (κ2) is 4.91. The van der Waals surface area contributed by atoms with Crippen molar-refractivity contribution in [2.45, 2.75) is 13.1 Å². The molecule has 0 aliphatic carbocycles. The summed E-state index contributed by atoms with van der Waals surface area (Å²) in [5.41, 5.74) is -0.101. The lowest BCUT2D eigenvalue weighted by atomic mass is 10.0. The number of ketones is 1. The van der Waals surface area contributed by atoms with E-state index < -0.39 is 12.0 Å². The molecule has 0 heterocycles. The van der Waals surface area contributed by atoms with Gasteiger partial charge in [0.15, 0.2) is 0 Å². The number of anilines is 1. The predicted octanol–water partition coefficient (Wildman–Crippen LogP) is 4.02. The number of alkyl halides is 3. The summed E-state index contributed by atoms with van der Waals surface area (Å²) in [6, 6.07) is 9.75. The van der Waals surface area contributed by atoms with E-state index in [4.69, 9.17) is 0 Å². The zero-order valence-electron chi connectivity index (χ0n) is 10.2. The summed E-state index contributed by atoms with van der Waals surface area (Å²) in [6.07, 6.45) is -4.87. The Labute approximate surface area is 108 Å². The number of Topliss-reactive ketones (excluding diaryl/α,β-unsaturated/α-hetero) is 1. The lowest BCUT2D eigenvalue weighted by Crippen LogP contribution is -2.24. The first-order valence-corrected chi connectivity index (χ1v) is 5.82. The molecule has 2 aromatic carbocycles. The van der Waals surface area contributed by atoms with E-state index in [2.05, 4.69) is 5.32 Å². The van der Waals surface area contributed by atoms with Gasteiger partial charge in [0.25, 0.3) is 5.78 Å². The van der Waals surface area contributed by atoms with Gasteiger partial charge in [-0.2, -0.15) is 13.2 Å². The van der Waals surface area contributed by atoms with E-state index in [9.17, 15) is 18.0 Å². The molecule has 100 valence electrons. The first kappa shape index (κ1) is 13.4. The quantitative estimate of drug-likeness (QED) is 0.851. The minimum atomic E-state index is -4.87. The normalized spacial score (nSPS) is 11.6. The van der Waals surface area contributed by atoms with Crippen LogP contribution < -0.4 is 5.32 Å². The van der Waals surface area contributed by atoms with Crippen LogP contribution in [0.3, 0.4) is 0 Å². The third-order valence-electron chi connectivity index (χ3n) is 2.78. The number of nitrogens with one attached hydrogen (secondary N) is 1. The molecule has 0 aromatic heterocycles. The van der Waals surface area contributed by atoms with Crippen molar-refractivity contribution in [1.82, 2.24) is 0 Å². The second-order valence-electron chi connectivity index (χ2n) is 4.07. The fourth-order valence-corrected chi connectivity index (χ4v) is 1.98. The van der Waals surface area contributed by atoms with Crippen molar-refractivity contribution in [3.63, 3.8) is 0 Å². The van der Waals surface area contributed by atoms with Gasteiger partial charge in [-0.25, -0.2) is 0 Å². The van der Waals surface area contributed by atoms with Gasteiger partial charge in [0.2, 0.25) is 0 Å². The maximum Gasteiger partial charge on any atom is 0.454 e. The highest BCUT2D eigenvalue weighted by Crippen LogP contribution is 2.32. The molecule has 2 rings (SSSR count). The fraction of sp³-hybridized carbons (Fsp3) is 0.214. The largest absolute Gasteiger partial charge is 0.454 e. The van der Waals surface area contributed by atoms with Gasteiger partial charge in [-0.3, -0.25) is 4.79 Å². The molecule has 0 saturated heterocycles. The van der Waals surface area contributed by atoms with Crippen molar-refractivity contribution in [3.8, 4) is 0 Å². The Morgan fingerprint density at radius 3 is 2.47 bits per heavy atom. The van der Waals surface area contributed by atoms with E-state index in [1.807, 2.05) is 0 Å². The standard InChI is InChI=1S/C14H12F3NO/c1-2-18-12-10-6-4-3-5-9(10)7-8-11(12)13(19)14(15,16)17/h3-8,18H,2H2,1H3. The summed E-state index contributed by atoms with van der Waals surface area (Å²) in [4.78, 5) is 11.4. The van der Waals surface area contributed by atoms with Crippen molar-refractivity contribution in [1.29, 1.82) is 0 Å². The zero-order valence-corrected chi connectivity index (χ0v) is 10.2. The minimum absolute atomic E-state index is 0.239. The summed E-state index contributed by atoms with van der Waals surface area (Å²) >= 11 is 0. The van der Waals surface area contributed by atoms with Crippen molar-refractivity contribution < 1.29 is 18.0 Å². The Hall–Kier alpha value is -2.04. The summed E-state index contributed by atoms with van der Waals surface area (Å²) in [5, 5.41) is 4.25. The highest BCUT2D eigenvalue weighted by atomic mass is 19.4. The zero-order chi connectivity index (χ0) is 14.0. The van der Waals surface area contributed by atoms with E-state index in [0.717, 1.165) is 5.39 Å². The SMILES string of the molecule is CCNc1c(C(=O)C(F)(F)F)ccc2ccccc12. The molecule has 0 bridgehead atoms. The van der Waals surface area contributed by atoms with Crippen molar-refractivity contribution in [3.05, 3.63) is 42.0 Å². The number of carbonyl (C=O) groups is 1. The van der Waals surface area contributed by atoms with E-state index in [0.29, 0.717) is 11.9 Å². The number of hydrogen-bond donors (Lipinski definition) is 1. The third-order valence-corrected chi connectivity index (χ3v) is 2.78. The van der Waals surface area contributed by atoms with E-state index in [-0.39, 0.29) is 11.3 Å². The Bertz CT molecular complexity index is 620. The summed E-state index contributed by atoms with van der Waals surface area (Å²) < 4.78 is 37.7. The van der Waals surface area contributed by atoms with Crippen molar-refractivity contribution >= 4 is 22.2 Å². The lowest BCUT2D eigenvalue weighted by molar-refractivity contribution is -0.0884. The van der Waals surface area contributed by atoms with Crippen LogP contribution in [-0.4, -0.2) is 18.5 Å². The van der Waals surface area contributed by atoms with Crippen molar-refractivity contribution in [2.75, 3.05) is 11.9 Å². The number of halogens is 3. The molecule has 19 heavy (non-hydrogen) atoms. The molecule has 0 spiro atoms. The molecule has 0 aliphatic heterocycles. The van der Waals surface area contributed by atoms with Crippen LogP contribution in [0.4, 0.5) is 18.9 Å². The minimum Gasteiger partial charge on any atom is -0.384 e. The molecule has 0 unspecified atom stereocenters. The molecule has 0 atom stereocenters. The van der Waals surface area contributed by atoms with Crippen LogP contribution in [0.2, 0.25) is 0 Å². The number of carbonyl (C=O) groups excluding carboxylic acids is 1. The molecule has 0 saturated carbocycles. The highest BCUT2D eigenvalue weighted by Gasteiger charge is 2.40. The molecule has 2 nitrogen and oxygen atoms in total.